The fourth-order valence-corrected chi connectivity index (χ4v) is 2.05. The number of pyridine rings is 1. The fourth-order valence-electron chi connectivity index (χ4n) is 2.05. The third-order valence-electron chi connectivity index (χ3n) is 3.12. The summed E-state index contributed by atoms with van der Waals surface area (Å²) in [5.41, 5.74) is 1.15. The van der Waals surface area contributed by atoms with Gasteiger partial charge in [-0.15, -0.1) is 0 Å². The Morgan fingerprint density at radius 3 is 2.83 bits per heavy atom. The third kappa shape index (κ3) is 2.36. The number of rotatable bonds is 4. The van der Waals surface area contributed by atoms with E-state index in [1.165, 1.54) is 0 Å². The second kappa shape index (κ2) is 4.78. The molecule has 1 aliphatic rings. The molecular weight excluding hydrogens is 230 g/mol. The van der Waals surface area contributed by atoms with E-state index in [2.05, 4.69) is 15.0 Å². The van der Waals surface area contributed by atoms with Gasteiger partial charge >= 0.3 is 0 Å². The van der Waals surface area contributed by atoms with E-state index in [1.807, 2.05) is 19.1 Å². The number of aromatic nitrogens is 2. The maximum Gasteiger partial charge on any atom is 0.138 e. The van der Waals surface area contributed by atoms with Crippen LogP contribution in [0.5, 0.6) is 5.75 Å². The molecule has 3 heterocycles. The number of aryl methyl sites for hydroxylation is 1. The maximum atomic E-state index is 5.81. The van der Waals surface area contributed by atoms with E-state index >= 15 is 0 Å². The van der Waals surface area contributed by atoms with Crippen molar-refractivity contribution in [1.82, 2.24) is 15.0 Å². The van der Waals surface area contributed by atoms with Gasteiger partial charge in [-0.3, -0.25) is 9.88 Å². The van der Waals surface area contributed by atoms with Gasteiger partial charge in [-0.2, -0.15) is 0 Å². The maximum absolute atomic E-state index is 5.81. The minimum Gasteiger partial charge on any atom is -0.488 e. The molecule has 0 saturated carbocycles. The van der Waals surface area contributed by atoms with Crippen LogP contribution >= 0.6 is 0 Å². The van der Waals surface area contributed by atoms with Crippen molar-refractivity contribution in [3.05, 3.63) is 42.0 Å². The van der Waals surface area contributed by atoms with Crippen molar-refractivity contribution in [3.8, 4) is 5.75 Å². The van der Waals surface area contributed by atoms with Crippen molar-refractivity contribution >= 4 is 0 Å². The van der Waals surface area contributed by atoms with E-state index in [4.69, 9.17) is 9.26 Å². The summed E-state index contributed by atoms with van der Waals surface area (Å²) in [4.78, 5) is 6.27. The van der Waals surface area contributed by atoms with Gasteiger partial charge in [-0.1, -0.05) is 5.16 Å². The van der Waals surface area contributed by atoms with E-state index < -0.39 is 0 Å². The molecule has 3 rings (SSSR count). The lowest BCUT2D eigenvalue weighted by molar-refractivity contribution is 0.0143. The minimum atomic E-state index is 0.271. The quantitative estimate of drug-likeness (QED) is 0.819. The van der Waals surface area contributed by atoms with Gasteiger partial charge in [0.15, 0.2) is 0 Å². The number of likely N-dealkylation sites (tertiary alicyclic amines) is 1. The zero-order valence-electron chi connectivity index (χ0n) is 10.2. The van der Waals surface area contributed by atoms with Crippen LogP contribution < -0.4 is 4.74 Å². The van der Waals surface area contributed by atoms with Gasteiger partial charge in [-0.05, 0) is 19.1 Å². The van der Waals surface area contributed by atoms with E-state index in [-0.39, 0.29) is 6.10 Å². The highest BCUT2D eigenvalue weighted by molar-refractivity contribution is 5.18. The Morgan fingerprint density at radius 2 is 2.17 bits per heavy atom. The standard InChI is InChI=1S/C13H15N3O2/c1-10-11(6-15-18-10)7-16-8-13(9-16)17-12-2-4-14-5-3-12/h2-6,13H,7-9H2,1H3. The van der Waals surface area contributed by atoms with Crippen molar-refractivity contribution in [2.45, 2.75) is 19.6 Å². The molecule has 1 saturated heterocycles. The molecule has 0 N–H and O–H groups in total. The molecular formula is C13H15N3O2. The van der Waals surface area contributed by atoms with E-state index in [9.17, 15) is 0 Å². The highest BCUT2D eigenvalue weighted by Gasteiger charge is 2.29. The van der Waals surface area contributed by atoms with Crippen molar-refractivity contribution in [3.63, 3.8) is 0 Å². The predicted octanol–water partition coefficient (Wildman–Crippen LogP) is 1.64. The van der Waals surface area contributed by atoms with E-state index in [0.29, 0.717) is 0 Å². The first-order valence-corrected chi connectivity index (χ1v) is 6.00. The molecule has 94 valence electrons. The lowest BCUT2D eigenvalue weighted by Crippen LogP contribution is -2.53. The Labute approximate surface area is 105 Å². The van der Waals surface area contributed by atoms with Crippen LogP contribution in [-0.2, 0) is 6.54 Å². The van der Waals surface area contributed by atoms with Gasteiger partial charge < -0.3 is 9.26 Å². The molecule has 1 fully saturated rings. The van der Waals surface area contributed by atoms with Gasteiger partial charge in [-0.25, -0.2) is 0 Å². The molecule has 0 aromatic carbocycles. The Kier molecular flexibility index (Phi) is 2.98. The van der Waals surface area contributed by atoms with Crippen LogP contribution in [0, 0.1) is 6.92 Å². The summed E-state index contributed by atoms with van der Waals surface area (Å²) in [7, 11) is 0. The zero-order valence-corrected chi connectivity index (χ0v) is 10.2. The Balaban J connectivity index is 1.48. The largest absolute Gasteiger partial charge is 0.488 e. The lowest BCUT2D eigenvalue weighted by Gasteiger charge is -2.38. The predicted molar refractivity (Wildman–Crippen MR) is 65.2 cm³/mol. The monoisotopic (exact) mass is 245 g/mol. The van der Waals surface area contributed by atoms with Gasteiger partial charge in [0.1, 0.15) is 17.6 Å². The Bertz CT molecular complexity index is 506. The first-order valence-electron chi connectivity index (χ1n) is 6.00. The molecule has 0 radical (unpaired) electrons. The van der Waals surface area contributed by atoms with Crippen molar-refractivity contribution < 1.29 is 9.26 Å². The summed E-state index contributed by atoms with van der Waals surface area (Å²) in [5.74, 6) is 1.78. The summed E-state index contributed by atoms with van der Waals surface area (Å²) < 4.78 is 10.9. The molecule has 18 heavy (non-hydrogen) atoms. The number of nitrogens with zero attached hydrogens (tertiary/aromatic N) is 3. The molecule has 2 aromatic heterocycles. The van der Waals surface area contributed by atoms with Gasteiger partial charge in [0, 0.05) is 37.6 Å². The Morgan fingerprint density at radius 1 is 1.39 bits per heavy atom. The molecule has 0 amide bonds. The fraction of sp³-hybridized carbons (Fsp3) is 0.385. The second-order valence-electron chi connectivity index (χ2n) is 4.52. The van der Waals surface area contributed by atoms with Crippen LogP contribution in [0.4, 0.5) is 0 Å². The van der Waals surface area contributed by atoms with Crippen molar-refractivity contribution in [2.24, 2.45) is 0 Å². The summed E-state index contributed by atoms with van der Waals surface area (Å²) in [6.07, 6.45) is 5.54. The van der Waals surface area contributed by atoms with Crippen LogP contribution in [0.15, 0.2) is 35.2 Å². The van der Waals surface area contributed by atoms with Crippen LogP contribution in [0.25, 0.3) is 0 Å². The number of ether oxygens (including phenoxy) is 1. The third-order valence-corrected chi connectivity index (χ3v) is 3.12. The molecule has 5 heteroatoms. The van der Waals surface area contributed by atoms with Gasteiger partial charge in [0.25, 0.3) is 0 Å². The Hall–Kier alpha value is -1.88. The highest BCUT2D eigenvalue weighted by atomic mass is 16.5. The summed E-state index contributed by atoms with van der Waals surface area (Å²) in [6.45, 7) is 4.69. The van der Waals surface area contributed by atoms with Crippen LogP contribution in [0.3, 0.4) is 0 Å². The van der Waals surface area contributed by atoms with Crippen LogP contribution in [-0.4, -0.2) is 34.2 Å². The minimum absolute atomic E-state index is 0.271. The summed E-state index contributed by atoms with van der Waals surface area (Å²) >= 11 is 0. The van der Waals surface area contributed by atoms with Crippen LogP contribution in [0.2, 0.25) is 0 Å². The van der Waals surface area contributed by atoms with Gasteiger partial charge in [0.2, 0.25) is 0 Å². The molecule has 0 aliphatic carbocycles. The summed E-state index contributed by atoms with van der Waals surface area (Å²) in [5, 5.41) is 3.78. The van der Waals surface area contributed by atoms with Gasteiger partial charge in [0.05, 0.1) is 6.20 Å². The highest BCUT2D eigenvalue weighted by Crippen LogP contribution is 2.20. The van der Waals surface area contributed by atoms with Crippen LogP contribution in [0.1, 0.15) is 11.3 Å². The smallest absolute Gasteiger partial charge is 0.138 e. The molecule has 0 atom stereocenters. The van der Waals surface area contributed by atoms with E-state index in [1.54, 1.807) is 18.6 Å². The molecule has 5 nitrogen and oxygen atoms in total. The number of hydrogen-bond donors (Lipinski definition) is 0. The summed E-state index contributed by atoms with van der Waals surface area (Å²) in [6, 6.07) is 3.76. The molecule has 0 unspecified atom stereocenters. The zero-order chi connectivity index (χ0) is 12.4. The molecule has 0 bridgehead atoms. The topological polar surface area (TPSA) is 51.4 Å². The average Bonchev–Trinajstić information content (AvgIpc) is 2.74. The average molecular weight is 245 g/mol. The van der Waals surface area contributed by atoms with Crippen molar-refractivity contribution in [2.75, 3.05) is 13.1 Å². The lowest BCUT2D eigenvalue weighted by atomic mass is 10.1. The normalized spacial score (nSPS) is 16.5. The molecule has 0 spiro atoms. The van der Waals surface area contributed by atoms with E-state index in [0.717, 1.165) is 36.7 Å². The first kappa shape index (κ1) is 11.2. The molecule has 1 aliphatic heterocycles. The number of hydrogen-bond acceptors (Lipinski definition) is 5. The van der Waals surface area contributed by atoms with Crippen molar-refractivity contribution in [1.29, 1.82) is 0 Å². The SMILES string of the molecule is Cc1oncc1CN1CC(Oc2ccncc2)C1. The first-order chi connectivity index (χ1) is 8.81. The second-order valence-corrected chi connectivity index (χ2v) is 4.52. The molecule has 2 aromatic rings.